The van der Waals surface area contributed by atoms with E-state index in [0.29, 0.717) is 13.2 Å². The number of aliphatic carboxylic acids is 1. The fourth-order valence-electron chi connectivity index (χ4n) is 5.35. The molecule has 1 aromatic carbocycles. The third-order valence-electron chi connectivity index (χ3n) is 7.35. The molecule has 4 unspecified atom stereocenters. The first kappa shape index (κ1) is 21.7. The molecule has 0 radical (unpaired) electrons. The lowest BCUT2D eigenvalue weighted by Crippen LogP contribution is -2.54. The van der Waals surface area contributed by atoms with Crippen molar-refractivity contribution in [3.63, 3.8) is 0 Å². The topological polar surface area (TPSA) is 80.8 Å². The average Bonchev–Trinajstić information content (AvgIpc) is 3.72. The molecule has 0 bridgehead atoms. The summed E-state index contributed by atoms with van der Waals surface area (Å²) < 4.78 is 23.2. The highest BCUT2D eigenvalue weighted by molar-refractivity contribution is 5.76. The Morgan fingerprint density at radius 2 is 1.72 bits per heavy atom. The smallest absolute Gasteiger partial charge is 0.314 e. The highest BCUT2D eigenvalue weighted by Crippen LogP contribution is 2.52. The Hall–Kier alpha value is -2.15. The number of carboxylic acid groups (broad SMARTS) is 1. The number of hydrogen-bond donors (Lipinski definition) is 1. The van der Waals surface area contributed by atoms with Crippen molar-refractivity contribution in [3.8, 4) is 5.75 Å². The lowest BCUT2D eigenvalue weighted by Gasteiger charge is -2.51. The SMILES string of the molecule is CC1=CC(OCC2CO2)(C2(c3ccc(OCC4CO4)cc3)CCCCC2)C=CC1C(=O)O. The van der Waals surface area contributed by atoms with Crippen molar-refractivity contribution in [1.82, 2.24) is 0 Å². The number of rotatable bonds is 9. The van der Waals surface area contributed by atoms with Crippen LogP contribution in [0.2, 0.25) is 0 Å². The first-order chi connectivity index (χ1) is 15.5. The molecule has 5 rings (SSSR count). The number of ether oxygens (including phenoxy) is 4. The third-order valence-corrected chi connectivity index (χ3v) is 7.35. The summed E-state index contributed by atoms with van der Waals surface area (Å²) in [6.45, 7) is 4.50. The molecule has 172 valence electrons. The van der Waals surface area contributed by atoms with Crippen molar-refractivity contribution in [2.24, 2.45) is 5.92 Å². The molecule has 32 heavy (non-hydrogen) atoms. The first-order valence-electron chi connectivity index (χ1n) is 11.7. The van der Waals surface area contributed by atoms with Crippen LogP contribution < -0.4 is 4.74 Å². The largest absolute Gasteiger partial charge is 0.491 e. The Kier molecular flexibility index (Phi) is 5.86. The minimum atomic E-state index is -0.826. The highest BCUT2D eigenvalue weighted by Gasteiger charge is 2.53. The van der Waals surface area contributed by atoms with Gasteiger partial charge in [0.25, 0.3) is 0 Å². The summed E-state index contributed by atoms with van der Waals surface area (Å²) in [5.41, 5.74) is 1.08. The minimum Gasteiger partial charge on any atom is -0.491 e. The van der Waals surface area contributed by atoms with E-state index in [1.54, 1.807) is 0 Å². The van der Waals surface area contributed by atoms with Crippen LogP contribution in [0.5, 0.6) is 5.75 Å². The number of carboxylic acids is 1. The summed E-state index contributed by atoms with van der Waals surface area (Å²) in [5, 5.41) is 9.65. The van der Waals surface area contributed by atoms with Crippen LogP contribution in [0.15, 0.2) is 48.1 Å². The molecule has 4 aliphatic rings. The van der Waals surface area contributed by atoms with E-state index < -0.39 is 17.5 Å². The molecule has 2 aliphatic carbocycles. The fraction of sp³-hybridized carbons (Fsp3) is 0.577. The quantitative estimate of drug-likeness (QED) is 0.461. The average molecular weight is 441 g/mol. The van der Waals surface area contributed by atoms with Gasteiger partial charge in [0.05, 0.1) is 25.7 Å². The van der Waals surface area contributed by atoms with Gasteiger partial charge in [-0.1, -0.05) is 49.1 Å². The van der Waals surface area contributed by atoms with E-state index in [1.807, 2.05) is 31.2 Å². The second-order valence-electron chi connectivity index (χ2n) is 9.56. The van der Waals surface area contributed by atoms with Gasteiger partial charge in [0.1, 0.15) is 30.2 Å². The molecule has 0 aromatic heterocycles. The number of hydrogen-bond acceptors (Lipinski definition) is 5. The van der Waals surface area contributed by atoms with Crippen molar-refractivity contribution in [2.75, 3.05) is 26.4 Å². The standard InChI is InChI=1S/C26H32O6/c1-18-13-26(32-17-22-16-31-22,12-9-23(18)24(27)28)25(10-3-2-4-11-25)19-5-7-20(8-6-19)29-14-21-15-30-21/h5-9,12-13,21-23H,2-4,10-11,14-17H2,1H3,(H,27,28). The van der Waals surface area contributed by atoms with Crippen molar-refractivity contribution in [2.45, 2.75) is 62.3 Å². The second kappa shape index (κ2) is 8.65. The summed E-state index contributed by atoms with van der Waals surface area (Å²) in [4.78, 5) is 11.8. The first-order valence-corrected chi connectivity index (χ1v) is 11.7. The predicted molar refractivity (Wildman–Crippen MR) is 119 cm³/mol. The molecule has 1 saturated carbocycles. The lowest BCUT2D eigenvalue weighted by atomic mass is 9.57. The minimum absolute atomic E-state index is 0.132. The maximum absolute atomic E-state index is 11.8. The number of benzene rings is 1. The van der Waals surface area contributed by atoms with E-state index in [2.05, 4.69) is 18.2 Å². The molecule has 4 atom stereocenters. The summed E-state index contributed by atoms with van der Waals surface area (Å²) in [6, 6.07) is 8.39. The van der Waals surface area contributed by atoms with Crippen LogP contribution in [0, 0.1) is 5.92 Å². The Morgan fingerprint density at radius 1 is 1.06 bits per heavy atom. The van der Waals surface area contributed by atoms with Crippen LogP contribution in [-0.4, -0.2) is 55.3 Å². The van der Waals surface area contributed by atoms with Gasteiger partial charge in [-0.15, -0.1) is 0 Å². The zero-order chi connectivity index (χ0) is 22.2. The van der Waals surface area contributed by atoms with E-state index in [0.717, 1.165) is 50.2 Å². The Bertz CT molecular complexity index is 889. The fourth-order valence-corrected chi connectivity index (χ4v) is 5.35. The van der Waals surface area contributed by atoms with Crippen molar-refractivity contribution < 1.29 is 28.8 Å². The number of carbonyl (C=O) groups is 1. The van der Waals surface area contributed by atoms with Gasteiger partial charge < -0.3 is 24.1 Å². The zero-order valence-electron chi connectivity index (χ0n) is 18.6. The Balaban J connectivity index is 1.50. The van der Waals surface area contributed by atoms with Gasteiger partial charge in [0, 0.05) is 5.41 Å². The molecule has 6 nitrogen and oxygen atoms in total. The predicted octanol–water partition coefficient (Wildman–Crippen LogP) is 4.04. The van der Waals surface area contributed by atoms with Crippen LogP contribution in [0.3, 0.4) is 0 Å². The van der Waals surface area contributed by atoms with E-state index in [4.69, 9.17) is 18.9 Å². The van der Waals surface area contributed by atoms with Gasteiger partial charge in [0.15, 0.2) is 0 Å². The van der Waals surface area contributed by atoms with Gasteiger partial charge >= 0.3 is 5.97 Å². The van der Waals surface area contributed by atoms with Gasteiger partial charge in [0.2, 0.25) is 0 Å². The molecule has 3 fully saturated rings. The van der Waals surface area contributed by atoms with Crippen LogP contribution in [0.4, 0.5) is 0 Å². The molecular weight excluding hydrogens is 408 g/mol. The van der Waals surface area contributed by atoms with Crippen LogP contribution in [0.1, 0.15) is 44.6 Å². The van der Waals surface area contributed by atoms with Crippen LogP contribution >= 0.6 is 0 Å². The number of epoxide rings is 2. The normalized spacial score (nSPS) is 32.8. The lowest BCUT2D eigenvalue weighted by molar-refractivity contribution is -0.139. The second-order valence-corrected chi connectivity index (χ2v) is 9.56. The molecule has 6 heteroatoms. The monoisotopic (exact) mass is 440 g/mol. The van der Waals surface area contributed by atoms with E-state index in [9.17, 15) is 9.90 Å². The van der Waals surface area contributed by atoms with Crippen molar-refractivity contribution >= 4 is 5.97 Å². The van der Waals surface area contributed by atoms with Gasteiger partial charge in [-0.05, 0) is 43.5 Å². The maximum Gasteiger partial charge on any atom is 0.314 e. The molecule has 1 aromatic rings. The molecule has 2 saturated heterocycles. The summed E-state index contributed by atoms with van der Waals surface area (Å²) in [7, 11) is 0. The Morgan fingerprint density at radius 3 is 2.31 bits per heavy atom. The van der Waals surface area contributed by atoms with Crippen LogP contribution in [-0.2, 0) is 24.4 Å². The molecule has 0 spiro atoms. The maximum atomic E-state index is 11.8. The zero-order valence-corrected chi connectivity index (χ0v) is 18.6. The molecule has 2 aliphatic heterocycles. The van der Waals surface area contributed by atoms with Gasteiger partial charge in [-0.3, -0.25) is 4.79 Å². The van der Waals surface area contributed by atoms with E-state index in [-0.39, 0.29) is 17.6 Å². The van der Waals surface area contributed by atoms with Crippen molar-refractivity contribution in [3.05, 3.63) is 53.6 Å². The summed E-state index contributed by atoms with van der Waals surface area (Å²) in [6.07, 6.45) is 11.7. The molecular formula is C26H32O6. The molecule has 0 amide bonds. The van der Waals surface area contributed by atoms with Gasteiger partial charge in [-0.25, -0.2) is 0 Å². The summed E-state index contributed by atoms with van der Waals surface area (Å²) in [5.74, 6) is -0.591. The van der Waals surface area contributed by atoms with E-state index in [1.165, 1.54) is 12.0 Å². The third kappa shape index (κ3) is 4.24. The molecule has 2 heterocycles. The van der Waals surface area contributed by atoms with Crippen LogP contribution in [0.25, 0.3) is 0 Å². The van der Waals surface area contributed by atoms with E-state index >= 15 is 0 Å². The Labute approximate surface area is 189 Å². The summed E-state index contributed by atoms with van der Waals surface area (Å²) >= 11 is 0. The highest BCUT2D eigenvalue weighted by atomic mass is 16.6. The van der Waals surface area contributed by atoms with Gasteiger partial charge in [-0.2, -0.15) is 0 Å². The molecule has 1 N–H and O–H groups in total. The van der Waals surface area contributed by atoms with Crippen molar-refractivity contribution in [1.29, 1.82) is 0 Å².